The van der Waals surface area contributed by atoms with Crippen LogP contribution in [0.15, 0.2) is 30.3 Å². The van der Waals surface area contributed by atoms with E-state index in [0.717, 1.165) is 18.2 Å². The second kappa shape index (κ2) is 4.13. The Hall–Kier alpha value is -1.84. The Bertz CT molecular complexity index is 433. The topological polar surface area (TPSA) is 42.7 Å². The molecule has 1 heterocycles. The number of benzene rings is 1. The number of nitrogens with one attached hydrogen (secondary N) is 1. The van der Waals surface area contributed by atoms with E-state index in [1.54, 1.807) is 0 Å². The third-order valence-corrected chi connectivity index (χ3v) is 2.39. The number of aromatic nitrogens is 3. The molecule has 1 aromatic heterocycles. The summed E-state index contributed by atoms with van der Waals surface area (Å²) in [6, 6.07) is 10.3. The van der Waals surface area contributed by atoms with E-state index in [1.807, 2.05) is 36.9 Å². The number of rotatable bonds is 3. The molecular weight excluding hydrogens is 188 g/mol. The summed E-state index contributed by atoms with van der Waals surface area (Å²) in [5.41, 5.74) is 1.25. The van der Waals surface area contributed by atoms with E-state index in [1.165, 1.54) is 5.56 Å². The van der Waals surface area contributed by atoms with Crippen molar-refractivity contribution in [1.82, 2.24) is 14.8 Å². The summed E-state index contributed by atoms with van der Waals surface area (Å²) in [5, 5.41) is 11.2. The Morgan fingerprint density at radius 1 is 1.20 bits per heavy atom. The molecule has 15 heavy (non-hydrogen) atoms. The van der Waals surface area contributed by atoms with Gasteiger partial charge in [0, 0.05) is 20.5 Å². The van der Waals surface area contributed by atoms with Crippen LogP contribution in [0.4, 0.5) is 5.95 Å². The molecule has 0 saturated carbocycles. The molecule has 0 spiro atoms. The molecule has 0 unspecified atom stereocenters. The summed E-state index contributed by atoms with van der Waals surface area (Å²) < 4.78 is 1.97. The highest BCUT2D eigenvalue weighted by molar-refractivity contribution is 5.26. The van der Waals surface area contributed by atoms with Crippen molar-refractivity contribution < 1.29 is 0 Å². The van der Waals surface area contributed by atoms with Crippen molar-refractivity contribution in [2.75, 3.05) is 12.4 Å². The van der Waals surface area contributed by atoms with Crippen molar-refractivity contribution >= 4 is 5.95 Å². The first-order valence-electron chi connectivity index (χ1n) is 4.91. The lowest BCUT2D eigenvalue weighted by atomic mass is 10.1. The molecule has 4 heteroatoms. The molecule has 78 valence electrons. The predicted molar refractivity (Wildman–Crippen MR) is 59.8 cm³/mol. The molecule has 4 nitrogen and oxygen atoms in total. The highest BCUT2D eigenvalue weighted by atomic mass is 15.3. The van der Waals surface area contributed by atoms with Crippen molar-refractivity contribution in [2.24, 2.45) is 7.05 Å². The SMILES string of the molecule is CNc1nnc(Cc2ccccc2)n1C. The van der Waals surface area contributed by atoms with Gasteiger partial charge in [-0.1, -0.05) is 30.3 Å². The Labute approximate surface area is 89.0 Å². The quantitative estimate of drug-likeness (QED) is 0.819. The molecule has 0 radical (unpaired) electrons. The van der Waals surface area contributed by atoms with Gasteiger partial charge in [-0.25, -0.2) is 0 Å². The first-order chi connectivity index (χ1) is 7.31. The zero-order chi connectivity index (χ0) is 10.7. The average Bonchev–Trinajstić information content (AvgIpc) is 2.62. The minimum Gasteiger partial charge on any atom is -0.357 e. The molecular formula is C11H14N4. The number of anilines is 1. The predicted octanol–water partition coefficient (Wildman–Crippen LogP) is 1.45. The smallest absolute Gasteiger partial charge is 0.224 e. The zero-order valence-electron chi connectivity index (χ0n) is 8.94. The van der Waals surface area contributed by atoms with Crippen molar-refractivity contribution in [3.8, 4) is 0 Å². The van der Waals surface area contributed by atoms with Gasteiger partial charge in [0.1, 0.15) is 5.82 Å². The molecule has 0 aliphatic rings. The van der Waals surface area contributed by atoms with E-state index >= 15 is 0 Å². The molecule has 2 rings (SSSR count). The molecule has 0 aliphatic carbocycles. The minimum atomic E-state index is 0.793. The van der Waals surface area contributed by atoms with Crippen LogP contribution in [0.3, 0.4) is 0 Å². The van der Waals surface area contributed by atoms with Crippen molar-refractivity contribution in [2.45, 2.75) is 6.42 Å². The van der Waals surface area contributed by atoms with Gasteiger partial charge in [0.05, 0.1) is 0 Å². The maximum atomic E-state index is 4.13. The summed E-state index contributed by atoms with van der Waals surface area (Å²) in [6.07, 6.45) is 0.812. The Morgan fingerprint density at radius 3 is 2.53 bits per heavy atom. The lowest BCUT2D eigenvalue weighted by Crippen LogP contribution is -2.02. The summed E-state index contributed by atoms with van der Waals surface area (Å²) in [7, 11) is 3.81. The highest BCUT2D eigenvalue weighted by Crippen LogP contribution is 2.09. The molecule has 1 aromatic carbocycles. The molecule has 0 amide bonds. The standard InChI is InChI=1S/C11H14N4/c1-12-11-14-13-10(15(11)2)8-9-6-4-3-5-7-9/h3-7H,8H2,1-2H3,(H,12,14). The van der Waals surface area contributed by atoms with Gasteiger partial charge in [0.2, 0.25) is 5.95 Å². The van der Waals surface area contributed by atoms with Gasteiger partial charge in [-0.3, -0.25) is 0 Å². The molecule has 0 saturated heterocycles. The van der Waals surface area contributed by atoms with E-state index in [9.17, 15) is 0 Å². The lowest BCUT2D eigenvalue weighted by molar-refractivity contribution is 0.825. The Morgan fingerprint density at radius 2 is 1.93 bits per heavy atom. The second-order valence-corrected chi connectivity index (χ2v) is 3.41. The Kier molecular flexibility index (Phi) is 2.67. The zero-order valence-corrected chi connectivity index (χ0v) is 8.94. The van der Waals surface area contributed by atoms with E-state index in [2.05, 4.69) is 27.6 Å². The van der Waals surface area contributed by atoms with Crippen molar-refractivity contribution in [1.29, 1.82) is 0 Å². The van der Waals surface area contributed by atoms with Crippen molar-refractivity contribution in [3.63, 3.8) is 0 Å². The normalized spacial score (nSPS) is 10.3. The van der Waals surface area contributed by atoms with Gasteiger partial charge in [0.15, 0.2) is 0 Å². The number of nitrogens with zero attached hydrogens (tertiary/aromatic N) is 3. The van der Waals surface area contributed by atoms with Crippen LogP contribution in [0.1, 0.15) is 11.4 Å². The summed E-state index contributed by atoms with van der Waals surface area (Å²) in [6.45, 7) is 0. The largest absolute Gasteiger partial charge is 0.357 e. The van der Waals surface area contributed by atoms with Gasteiger partial charge >= 0.3 is 0 Å². The number of hydrogen-bond donors (Lipinski definition) is 1. The molecule has 2 aromatic rings. The van der Waals surface area contributed by atoms with E-state index in [-0.39, 0.29) is 0 Å². The molecule has 0 atom stereocenters. The van der Waals surface area contributed by atoms with Gasteiger partial charge in [0.25, 0.3) is 0 Å². The second-order valence-electron chi connectivity index (χ2n) is 3.41. The van der Waals surface area contributed by atoms with Gasteiger partial charge < -0.3 is 9.88 Å². The van der Waals surface area contributed by atoms with Gasteiger partial charge in [-0.05, 0) is 5.56 Å². The van der Waals surface area contributed by atoms with Crippen LogP contribution in [-0.4, -0.2) is 21.8 Å². The average molecular weight is 202 g/mol. The fourth-order valence-electron chi connectivity index (χ4n) is 1.51. The van der Waals surface area contributed by atoms with E-state index < -0.39 is 0 Å². The van der Waals surface area contributed by atoms with Crippen LogP contribution in [0.25, 0.3) is 0 Å². The van der Waals surface area contributed by atoms with Crippen LogP contribution in [0, 0.1) is 0 Å². The molecule has 0 bridgehead atoms. The highest BCUT2D eigenvalue weighted by Gasteiger charge is 2.06. The van der Waals surface area contributed by atoms with Crippen LogP contribution >= 0.6 is 0 Å². The van der Waals surface area contributed by atoms with E-state index in [4.69, 9.17) is 0 Å². The summed E-state index contributed by atoms with van der Waals surface area (Å²) >= 11 is 0. The molecule has 1 N–H and O–H groups in total. The summed E-state index contributed by atoms with van der Waals surface area (Å²) in [4.78, 5) is 0. The van der Waals surface area contributed by atoms with Crippen LogP contribution < -0.4 is 5.32 Å². The Balaban J connectivity index is 2.21. The maximum Gasteiger partial charge on any atom is 0.224 e. The summed E-state index contributed by atoms with van der Waals surface area (Å²) in [5.74, 6) is 1.76. The molecule has 0 aliphatic heterocycles. The minimum absolute atomic E-state index is 0.793. The maximum absolute atomic E-state index is 4.13. The van der Waals surface area contributed by atoms with E-state index in [0.29, 0.717) is 0 Å². The molecule has 0 fully saturated rings. The van der Waals surface area contributed by atoms with Crippen LogP contribution in [0.2, 0.25) is 0 Å². The fourth-order valence-corrected chi connectivity index (χ4v) is 1.51. The van der Waals surface area contributed by atoms with Crippen LogP contribution in [-0.2, 0) is 13.5 Å². The van der Waals surface area contributed by atoms with Gasteiger partial charge in [-0.15, -0.1) is 10.2 Å². The van der Waals surface area contributed by atoms with Crippen molar-refractivity contribution in [3.05, 3.63) is 41.7 Å². The monoisotopic (exact) mass is 202 g/mol. The van der Waals surface area contributed by atoms with Crippen LogP contribution in [0.5, 0.6) is 0 Å². The fraction of sp³-hybridized carbons (Fsp3) is 0.273. The first-order valence-corrected chi connectivity index (χ1v) is 4.91. The number of hydrogen-bond acceptors (Lipinski definition) is 3. The lowest BCUT2D eigenvalue weighted by Gasteiger charge is -2.02. The third kappa shape index (κ3) is 1.98. The van der Waals surface area contributed by atoms with Gasteiger partial charge in [-0.2, -0.15) is 0 Å². The third-order valence-electron chi connectivity index (χ3n) is 2.39. The first kappa shape index (κ1) is 9.71.